The maximum absolute atomic E-state index is 14.6. The third-order valence-corrected chi connectivity index (χ3v) is 9.51. The van der Waals surface area contributed by atoms with E-state index >= 15 is 0 Å². The number of amides is 2. The van der Waals surface area contributed by atoms with E-state index in [2.05, 4.69) is 5.32 Å². The van der Waals surface area contributed by atoms with E-state index in [0.717, 1.165) is 9.87 Å². The molecule has 0 aliphatic rings. The Hall–Kier alpha value is -4.54. The van der Waals surface area contributed by atoms with E-state index in [0.29, 0.717) is 22.9 Å². The zero-order chi connectivity index (χ0) is 34.0. The first kappa shape index (κ1) is 35.3. The minimum absolute atomic E-state index is 0.0163. The first-order valence-electron chi connectivity index (χ1n) is 15.2. The first-order chi connectivity index (χ1) is 22.5. The summed E-state index contributed by atoms with van der Waals surface area (Å²) in [7, 11) is -1.43. The van der Waals surface area contributed by atoms with E-state index < -0.39 is 28.5 Å². The van der Waals surface area contributed by atoms with Crippen molar-refractivity contribution in [1.82, 2.24) is 10.2 Å². The zero-order valence-electron chi connectivity index (χ0n) is 26.9. The number of carbonyl (C=O) groups excluding carboxylic acids is 2. The van der Waals surface area contributed by atoms with Crippen molar-refractivity contribution in [2.45, 2.75) is 37.8 Å². The Bertz CT molecular complexity index is 1740. The number of sulfonamides is 1. The Balaban J connectivity index is 1.85. The van der Waals surface area contributed by atoms with Crippen LogP contribution in [0.15, 0.2) is 108 Å². The van der Waals surface area contributed by atoms with Crippen molar-refractivity contribution in [3.05, 3.63) is 119 Å². The number of nitrogens with one attached hydrogen (secondary N) is 1. The van der Waals surface area contributed by atoms with Crippen LogP contribution in [0.3, 0.4) is 0 Å². The van der Waals surface area contributed by atoms with Crippen LogP contribution in [-0.4, -0.2) is 58.5 Å². The van der Waals surface area contributed by atoms with Crippen molar-refractivity contribution >= 4 is 39.1 Å². The topological polar surface area (TPSA) is 105 Å². The maximum Gasteiger partial charge on any atom is 0.264 e. The van der Waals surface area contributed by atoms with Crippen molar-refractivity contribution in [1.29, 1.82) is 0 Å². The smallest absolute Gasteiger partial charge is 0.264 e. The number of nitrogens with zero attached hydrogens (tertiary/aromatic N) is 2. The summed E-state index contributed by atoms with van der Waals surface area (Å²) in [5.74, 6) is -0.178. The van der Waals surface area contributed by atoms with Gasteiger partial charge in [-0.2, -0.15) is 0 Å². The molecule has 0 radical (unpaired) electrons. The first-order valence-corrected chi connectivity index (χ1v) is 17.0. The van der Waals surface area contributed by atoms with Gasteiger partial charge in [0.05, 0.1) is 24.8 Å². The number of methoxy groups -OCH3 is 2. The van der Waals surface area contributed by atoms with Crippen LogP contribution in [0.2, 0.25) is 5.02 Å². The highest BCUT2D eigenvalue weighted by Gasteiger charge is 2.35. The van der Waals surface area contributed by atoms with Crippen molar-refractivity contribution in [2.75, 3.05) is 31.6 Å². The summed E-state index contributed by atoms with van der Waals surface area (Å²) in [4.78, 5) is 30.0. The Labute approximate surface area is 282 Å². The molecule has 0 heterocycles. The number of halogens is 1. The lowest BCUT2D eigenvalue weighted by Crippen LogP contribution is -2.53. The largest absolute Gasteiger partial charge is 0.497 e. The normalized spacial score (nSPS) is 11.9. The van der Waals surface area contributed by atoms with Crippen LogP contribution < -0.4 is 19.1 Å². The Kier molecular flexibility index (Phi) is 12.3. The fraction of sp³-hybridized carbons (Fsp3) is 0.278. The Morgan fingerprint density at radius 1 is 0.830 bits per heavy atom. The summed E-state index contributed by atoms with van der Waals surface area (Å²) in [6.45, 7) is 3.77. The number of carbonyl (C=O) groups is 2. The summed E-state index contributed by atoms with van der Waals surface area (Å²) in [5.41, 5.74) is 1.67. The van der Waals surface area contributed by atoms with Crippen LogP contribution in [0.25, 0.3) is 0 Å². The molecule has 4 rings (SSSR count). The summed E-state index contributed by atoms with van der Waals surface area (Å²) in [5, 5.41) is 3.51. The predicted octanol–water partition coefficient (Wildman–Crippen LogP) is 5.96. The molecule has 0 aliphatic carbocycles. The average Bonchev–Trinajstić information content (AvgIpc) is 3.08. The molecule has 11 heteroatoms. The van der Waals surface area contributed by atoms with E-state index in [9.17, 15) is 18.0 Å². The summed E-state index contributed by atoms with van der Waals surface area (Å²) in [6, 6.07) is 28.0. The Morgan fingerprint density at radius 2 is 1.47 bits per heavy atom. The molecular formula is C36H40ClN3O6S. The lowest BCUT2D eigenvalue weighted by atomic mass is 10.0. The number of rotatable bonds is 15. The van der Waals surface area contributed by atoms with Gasteiger partial charge >= 0.3 is 0 Å². The summed E-state index contributed by atoms with van der Waals surface area (Å²) in [6.07, 6.45) is 0.206. The summed E-state index contributed by atoms with van der Waals surface area (Å²) >= 11 is 6.16. The number of ether oxygens (including phenoxy) is 2. The number of benzene rings is 4. The van der Waals surface area contributed by atoms with Gasteiger partial charge in [0.15, 0.2) is 0 Å². The van der Waals surface area contributed by atoms with Crippen LogP contribution in [-0.2, 0) is 32.6 Å². The van der Waals surface area contributed by atoms with E-state index in [1.165, 1.54) is 37.3 Å². The highest BCUT2D eigenvalue weighted by Crippen LogP contribution is 2.36. The predicted molar refractivity (Wildman–Crippen MR) is 184 cm³/mol. The van der Waals surface area contributed by atoms with Gasteiger partial charge in [0, 0.05) is 30.6 Å². The van der Waals surface area contributed by atoms with Gasteiger partial charge in [0.25, 0.3) is 10.0 Å². The lowest BCUT2D eigenvalue weighted by Gasteiger charge is -2.34. The van der Waals surface area contributed by atoms with Gasteiger partial charge in [-0.05, 0) is 53.4 Å². The highest BCUT2D eigenvalue weighted by atomic mass is 35.5. The van der Waals surface area contributed by atoms with Crippen molar-refractivity contribution in [3.8, 4) is 11.5 Å². The molecule has 1 N–H and O–H groups in total. The van der Waals surface area contributed by atoms with Gasteiger partial charge in [-0.1, -0.05) is 86.1 Å². The van der Waals surface area contributed by atoms with Gasteiger partial charge in [0.1, 0.15) is 24.1 Å². The minimum atomic E-state index is -4.31. The second-order valence-corrected chi connectivity index (χ2v) is 13.7. The Morgan fingerprint density at radius 3 is 2.06 bits per heavy atom. The van der Waals surface area contributed by atoms with Gasteiger partial charge in [-0.25, -0.2) is 8.42 Å². The molecule has 0 saturated carbocycles. The number of anilines is 1. The van der Waals surface area contributed by atoms with Crippen LogP contribution in [0.4, 0.5) is 5.69 Å². The molecule has 0 aliphatic heterocycles. The quantitative estimate of drug-likeness (QED) is 0.166. The monoisotopic (exact) mass is 677 g/mol. The molecule has 4 aromatic rings. The second-order valence-electron chi connectivity index (χ2n) is 11.4. The van der Waals surface area contributed by atoms with E-state index in [1.54, 1.807) is 54.6 Å². The molecule has 4 aromatic carbocycles. The highest BCUT2D eigenvalue weighted by molar-refractivity contribution is 7.92. The van der Waals surface area contributed by atoms with Crippen LogP contribution >= 0.6 is 11.6 Å². The number of hydrogen-bond donors (Lipinski definition) is 1. The fourth-order valence-electron chi connectivity index (χ4n) is 4.99. The standard InChI is InChI=1S/C36H40ClN3O6S/c1-26(2)23-38-36(42)33(21-27-11-7-5-8-12-27)39(24-28-15-17-29(37)18-16-28)35(41)25-40(47(43,44)31-13-9-6-10-14-31)32-22-30(45-3)19-20-34(32)46-4/h5-20,22,26,33H,21,23-25H2,1-4H3,(H,38,42)/t33-/m1/s1. The maximum atomic E-state index is 14.6. The molecule has 47 heavy (non-hydrogen) atoms. The van der Waals surface area contributed by atoms with Crippen LogP contribution in [0, 0.1) is 5.92 Å². The van der Waals surface area contributed by atoms with Gasteiger partial charge in [-0.3, -0.25) is 13.9 Å². The molecule has 0 fully saturated rings. The van der Waals surface area contributed by atoms with E-state index in [1.807, 2.05) is 44.2 Å². The van der Waals surface area contributed by atoms with Crippen LogP contribution in [0.1, 0.15) is 25.0 Å². The lowest BCUT2D eigenvalue weighted by molar-refractivity contribution is -0.140. The van der Waals surface area contributed by atoms with Crippen molar-refractivity contribution in [2.24, 2.45) is 5.92 Å². The van der Waals surface area contributed by atoms with Gasteiger partial charge < -0.3 is 19.7 Å². The van der Waals surface area contributed by atoms with Crippen molar-refractivity contribution < 1.29 is 27.5 Å². The molecule has 1 atom stereocenters. The second kappa shape index (κ2) is 16.3. The molecule has 0 spiro atoms. The molecule has 0 unspecified atom stereocenters. The van der Waals surface area contributed by atoms with Gasteiger partial charge in [0.2, 0.25) is 11.8 Å². The molecule has 248 valence electrons. The number of hydrogen-bond acceptors (Lipinski definition) is 6. The third kappa shape index (κ3) is 9.27. The molecule has 9 nitrogen and oxygen atoms in total. The van der Waals surface area contributed by atoms with Gasteiger partial charge in [-0.15, -0.1) is 0 Å². The molecule has 0 aromatic heterocycles. The van der Waals surface area contributed by atoms with E-state index in [4.69, 9.17) is 21.1 Å². The third-order valence-electron chi connectivity index (χ3n) is 7.49. The molecular weight excluding hydrogens is 638 g/mol. The molecule has 2 amide bonds. The zero-order valence-corrected chi connectivity index (χ0v) is 28.5. The van der Waals surface area contributed by atoms with Crippen molar-refractivity contribution in [3.63, 3.8) is 0 Å². The fourth-order valence-corrected chi connectivity index (χ4v) is 6.55. The average molecular weight is 678 g/mol. The minimum Gasteiger partial charge on any atom is -0.497 e. The summed E-state index contributed by atoms with van der Waals surface area (Å²) < 4.78 is 40.6. The molecule has 0 saturated heterocycles. The molecule has 0 bridgehead atoms. The van der Waals surface area contributed by atoms with Crippen LogP contribution in [0.5, 0.6) is 11.5 Å². The SMILES string of the molecule is COc1ccc(OC)c(N(CC(=O)N(Cc2ccc(Cl)cc2)[C@H](Cc2ccccc2)C(=O)NCC(C)C)S(=O)(=O)c2ccccc2)c1. The van der Waals surface area contributed by atoms with E-state index in [-0.39, 0.29) is 41.1 Å².